The molecule has 0 amide bonds. The number of methoxy groups -OCH3 is 3. The molecule has 1 aliphatic heterocycles. The zero-order chi connectivity index (χ0) is 18.8. The molecule has 138 valence electrons. The second-order valence-corrected chi connectivity index (χ2v) is 6.13. The fraction of sp³-hybridized carbons (Fsp3) is 0.263. The van der Waals surface area contributed by atoms with E-state index in [2.05, 4.69) is 11.9 Å². The Hall–Kier alpha value is -2.44. The molecule has 3 rings (SSSR count). The van der Waals surface area contributed by atoms with Crippen LogP contribution in [0.25, 0.3) is 0 Å². The summed E-state index contributed by atoms with van der Waals surface area (Å²) in [6.07, 6.45) is -0.773. The van der Waals surface area contributed by atoms with Gasteiger partial charge in [-0.3, -0.25) is 0 Å². The first-order chi connectivity index (χ1) is 12.5. The van der Waals surface area contributed by atoms with Crippen molar-refractivity contribution in [2.24, 2.45) is 0 Å². The largest absolute Gasteiger partial charge is 0.493 e. The number of rotatable bonds is 4. The van der Waals surface area contributed by atoms with E-state index in [4.69, 9.17) is 30.5 Å². The molecule has 0 fully saturated rings. The van der Waals surface area contributed by atoms with Gasteiger partial charge in [-0.2, -0.15) is 0 Å². The molecule has 0 aliphatic carbocycles. The van der Waals surface area contributed by atoms with Crippen molar-refractivity contribution in [3.8, 4) is 17.2 Å². The van der Waals surface area contributed by atoms with Gasteiger partial charge >= 0.3 is 0 Å². The first-order valence-corrected chi connectivity index (χ1v) is 8.22. The summed E-state index contributed by atoms with van der Waals surface area (Å²) in [4.78, 5) is 0. The molecule has 1 atom stereocenters. The fourth-order valence-electron chi connectivity index (χ4n) is 3.00. The minimum absolute atomic E-state index is 0.180. The highest BCUT2D eigenvalue weighted by atomic mass is 35.5. The SMILES string of the molecule is C=C1COC(c2cc(Cl)ccc2F)c2c(cc(OC)c(OC)c2OC)N1. The number of halogens is 2. The zero-order valence-electron chi connectivity index (χ0n) is 14.7. The van der Waals surface area contributed by atoms with Gasteiger partial charge in [-0.05, 0) is 18.2 Å². The van der Waals surface area contributed by atoms with Crippen LogP contribution >= 0.6 is 11.6 Å². The number of nitrogens with one attached hydrogen (secondary N) is 1. The van der Waals surface area contributed by atoms with Crippen LogP contribution in [-0.2, 0) is 4.74 Å². The van der Waals surface area contributed by atoms with Crippen LogP contribution in [0, 0.1) is 5.82 Å². The molecule has 1 unspecified atom stereocenters. The maximum absolute atomic E-state index is 14.6. The minimum Gasteiger partial charge on any atom is -0.493 e. The summed E-state index contributed by atoms with van der Waals surface area (Å²) in [6, 6.07) is 6.07. The lowest BCUT2D eigenvalue weighted by Gasteiger charge is -2.23. The van der Waals surface area contributed by atoms with Crippen molar-refractivity contribution in [3.05, 3.63) is 58.5 Å². The van der Waals surface area contributed by atoms with Crippen LogP contribution in [0.3, 0.4) is 0 Å². The molecule has 0 radical (unpaired) electrons. The molecule has 1 heterocycles. The summed E-state index contributed by atoms with van der Waals surface area (Å²) in [5.41, 5.74) is 2.11. The van der Waals surface area contributed by atoms with Gasteiger partial charge in [0.15, 0.2) is 11.5 Å². The Balaban J connectivity index is 2.31. The van der Waals surface area contributed by atoms with Crippen LogP contribution < -0.4 is 19.5 Å². The van der Waals surface area contributed by atoms with Gasteiger partial charge in [0.25, 0.3) is 0 Å². The molecular formula is C19H19ClFNO4. The summed E-state index contributed by atoms with van der Waals surface area (Å²) < 4.78 is 36.9. The normalized spacial score (nSPS) is 16.3. The molecule has 0 aromatic heterocycles. The monoisotopic (exact) mass is 379 g/mol. The minimum atomic E-state index is -0.773. The Labute approximate surface area is 156 Å². The Morgan fingerprint density at radius 3 is 2.54 bits per heavy atom. The van der Waals surface area contributed by atoms with Crippen LogP contribution in [0.2, 0.25) is 5.02 Å². The van der Waals surface area contributed by atoms with Gasteiger partial charge in [0, 0.05) is 22.3 Å². The molecule has 26 heavy (non-hydrogen) atoms. The van der Waals surface area contributed by atoms with Crippen molar-refractivity contribution in [1.29, 1.82) is 0 Å². The Morgan fingerprint density at radius 1 is 1.15 bits per heavy atom. The van der Waals surface area contributed by atoms with E-state index < -0.39 is 11.9 Å². The standard InChI is InChI=1S/C19H19ClFNO4/c1-10-9-26-17(12-7-11(20)5-6-13(12)21)16-14(22-10)8-15(23-2)18(24-3)19(16)25-4/h5-8,17,22H,1,9H2,2-4H3. The molecule has 1 N–H and O–H groups in total. The van der Waals surface area contributed by atoms with Crippen LogP contribution in [-0.4, -0.2) is 27.9 Å². The zero-order valence-corrected chi connectivity index (χ0v) is 15.4. The van der Waals surface area contributed by atoms with E-state index in [1.807, 2.05) is 0 Å². The van der Waals surface area contributed by atoms with E-state index >= 15 is 0 Å². The molecule has 2 aromatic rings. The number of benzene rings is 2. The first kappa shape index (κ1) is 18.4. The third kappa shape index (κ3) is 3.18. The molecule has 0 bridgehead atoms. The third-order valence-corrected chi connectivity index (χ3v) is 4.34. The number of anilines is 1. The van der Waals surface area contributed by atoms with E-state index in [9.17, 15) is 4.39 Å². The second kappa shape index (κ2) is 7.43. The predicted molar refractivity (Wildman–Crippen MR) is 98.1 cm³/mol. The molecule has 0 spiro atoms. The number of hydrogen-bond donors (Lipinski definition) is 1. The molecule has 2 aromatic carbocycles. The van der Waals surface area contributed by atoms with E-state index in [0.717, 1.165) is 0 Å². The van der Waals surface area contributed by atoms with Crippen molar-refractivity contribution in [2.75, 3.05) is 33.3 Å². The van der Waals surface area contributed by atoms with E-state index in [0.29, 0.717) is 44.8 Å². The second-order valence-electron chi connectivity index (χ2n) is 5.69. The van der Waals surface area contributed by atoms with E-state index in [1.54, 1.807) is 6.07 Å². The van der Waals surface area contributed by atoms with Crippen LogP contribution in [0.5, 0.6) is 17.2 Å². The number of fused-ring (bicyclic) bond motifs is 1. The third-order valence-electron chi connectivity index (χ3n) is 4.11. The van der Waals surface area contributed by atoms with Crippen molar-refractivity contribution < 1.29 is 23.3 Å². The number of hydrogen-bond acceptors (Lipinski definition) is 5. The molecule has 0 saturated heterocycles. The highest BCUT2D eigenvalue weighted by Crippen LogP contribution is 2.50. The smallest absolute Gasteiger partial charge is 0.203 e. The van der Waals surface area contributed by atoms with Crippen molar-refractivity contribution in [1.82, 2.24) is 0 Å². The van der Waals surface area contributed by atoms with Gasteiger partial charge < -0.3 is 24.3 Å². The Morgan fingerprint density at radius 2 is 1.88 bits per heavy atom. The molecule has 1 aliphatic rings. The molecule has 5 nitrogen and oxygen atoms in total. The maximum Gasteiger partial charge on any atom is 0.203 e. The molecule has 7 heteroatoms. The van der Waals surface area contributed by atoms with Crippen molar-refractivity contribution >= 4 is 17.3 Å². The van der Waals surface area contributed by atoms with Gasteiger partial charge in [0.05, 0.1) is 39.2 Å². The average Bonchev–Trinajstić information content (AvgIpc) is 2.80. The van der Waals surface area contributed by atoms with Crippen LogP contribution in [0.15, 0.2) is 36.5 Å². The van der Waals surface area contributed by atoms with Gasteiger partial charge in [0.2, 0.25) is 5.75 Å². The Kier molecular flexibility index (Phi) is 5.25. The summed E-state index contributed by atoms with van der Waals surface area (Å²) in [5.74, 6) is 0.804. The summed E-state index contributed by atoms with van der Waals surface area (Å²) in [7, 11) is 4.54. The summed E-state index contributed by atoms with van der Waals surface area (Å²) in [5, 5.41) is 3.57. The Bertz CT molecular complexity index is 856. The first-order valence-electron chi connectivity index (χ1n) is 7.84. The van der Waals surface area contributed by atoms with Crippen molar-refractivity contribution in [2.45, 2.75) is 6.10 Å². The highest BCUT2D eigenvalue weighted by Gasteiger charge is 2.32. The van der Waals surface area contributed by atoms with Crippen LogP contribution in [0.1, 0.15) is 17.2 Å². The quantitative estimate of drug-likeness (QED) is 0.844. The van der Waals surface area contributed by atoms with Gasteiger partial charge in [0.1, 0.15) is 11.9 Å². The summed E-state index contributed by atoms with van der Waals surface area (Å²) >= 11 is 6.08. The fourth-order valence-corrected chi connectivity index (χ4v) is 3.18. The maximum atomic E-state index is 14.6. The van der Waals surface area contributed by atoms with Crippen LogP contribution in [0.4, 0.5) is 10.1 Å². The van der Waals surface area contributed by atoms with E-state index in [1.165, 1.54) is 39.5 Å². The van der Waals surface area contributed by atoms with E-state index in [-0.39, 0.29) is 6.61 Å². The van der Waals surface area contributed by atoms with Gasteiger partial charge in [-0.15, -0.1) is 0 Å². The van der Waals surface area contributed by atoms with Gasteiger partial charge in [-0.25, -0.2) is 4.39 Å². The van der Waals surface area contributed by atoms with Crippen molar-refractivity contribution in [3.63, 3.8) is 0 Å². The highest BCUT2D eigenvalue weighted by molar-refractivity contribution is 6.30. The lowest BCUT2D eigenvalue weighted by molar-refractivity contribution is 0.0978. The average molecular weight is 380 g/mol. The lowest BCUT2D eigenvalue weighted by Crippen LogP contribution is -2.10. The topological polar surface area (TPSA) is 49.0 Å². The van der Waals surface area contributed by atoms with Gasteiger partial charge in [-0.1, -0.05) is 18.2 Å². The molecule has 0 saturated carbocycles. The lowest BCUT2D eigenvalue weighted by atomic mass is 9.97. The molecular weight excluding hydrogens is 361 g/mol. The predicted octanol–water partition coefficient (Wildman–Crippen LogP) is 4.55. The number of ether oxygens (including phenoxy) is 4. The summed E-state index contributed by atoms with van der Waals surface area (Å²) in [6.45, 7) is 4.11.